The van der Waals surface area contributed by atoms with E-state index in [0.29, 0.717) is 13.0 Å². The summed E-state index contributed by atoms with van der Waals surface area (Å²) in [5.41, 5.74) is -0.560. The Morgan fingerprint density at radius 1 is 1.37 bits per heavy atom. The fourth-order valence-corrected chi connectivity index (χ4v) is 2.30. The predicted molar refractivity (Wildman–Crippen MR) is 65.7 cm³/mol. The molecule has 0 aromatic heterocycles. The van der Waals surface area contributed by atoms with Crippen LogP contribution in [0.3, 0.4) is 0 Å². The van der Waals surface area contributed by atoms with Crippen molar-refractivity contribution in [2.75, 3.05) is 13.1 Å². The molecule has 102 valence electrons. The highest BCUT2D eigenvalue weighted by Crippen LogP contribution is 2.21. The minimum atomic E-state index is -0.885. The number of benzene rings is 1. The summed E-state index contributed by atoms with van der Waals surface area (Å²) >= 11 is 0. The first-order valence-electron chi connectivity index (χ1n) is 6.28. The van der Waals surface area contributed by atoms with Gasteiger partial charge in [-0.2, -0.15) is 0 Å². The second-order valence-electron chi connectivity index (χ2n) is 4.77. The van der Waals surface area contributed by atoms with Crippen molar-refractivity contribution in [1.29, 1.82) is 0 Å². The summed E-state index contributed by atoms with van der Waals surface area (Å²) in [5.74, 6) is -2.37. The molecular formula is C14H15F2NO2. The molecule has 0 bridgehead atoms. The number of likely N-dealkylation sites (tertiary alicyclic amines) is 1. The maximum Gasteiger partial charge on any atom is 0.223 e. The van der Waals surface area contributed by atoms with E-state index in [1.807, 2.05) is 6.92 Å². The first-order valence-corrected chi connectivity index (χ1v) is 6.28. The molecule has 1 atom stereocenters. The number of rotatable bonds is 4. The lowest BCUT2D eigenvalue weighted by atomic mass is 10.1. The van der Waals surface area contributed by atoms with Crippen LogP contribution in [-0.4, -0.2) is 29.7 Å². The summed E-state index contributed by atoms with van der Waals surface area (Å²) in [6, 6.07) is 3.28. The highest BCUT2D eigenvalue weighted by atomic mass is 19.1. The van der Waals surface area contributed by atoms with E-state index >= 15 is 0 Å². The van der Waals surface area contributed by atoms with Gasteiger partial charge in [-0.25, -0.2) is 8.78 Å². The molecular weight excluding hydrogens is 252 g/mol. The minimum absolute atomic E-state index is 0.128. The van der Waals surface area contributed by atoms with Crippen LogP contribution in [0.15, 0.2) is 18.2 Å². The third-order valence-electron chi connectivity index (χ3n) is 3.45. The van der Waals surface area contributed by atoms with Crippen molar-refractivity contribution < 1.29 is 18.4 Å². The monoisotopic (exact) mass is 267 g/mol. The fraction of sp³-hybridized carbons (Fsp3) is 0.429. The maximum absolute atomic E-state index is 13.5. The highest BCUT2D eigenvalue weighted by Gasteiger charge is 2.30. The van der Waals surface area contributed by atoms with E-state index in [0.717, 1.165) is 18.6 Å². The molecule has 3 nitrogen and oxygen atoms in total. The van der Waals surface area contributed by atoms with Crippen LogP contribution in [0, 0.1) is 17.6 Å². The summed E-state index contributed by atoms with van der Waals surface area (Å²) in [4.78, 5) is 25.0. The second kappa shape index (κ2) is 5.47. The molecule has 5 heteroatoms. The SMILES string of the molecule is CCC1CC(=O)N(CC(=O)c2c(F)cccc2F)C1. The van der Waals surface area contributed by atoms with Gasteiger partial charge in [0.05, 0.1) is 12.1 Å². The molecule has 0 spiro atoms. The topological polar surface area (TPSA) is 37.4 Å². The number of carbonyl (C=O) groups is 2. The summed E-state index contributed by atoms with van der Waals surface area (Å²) in [6.07, 6.45) is 1.26. The minimum Gasteiger partial charge on any atom is -0.335 e. The standard InChI is InChI=1S/C14H15F2NO2/c1-2-9-6-13(19)17(7-9)8-12(18)14-10(15)4-3-5-11(14)16/h3-5,9H,2,6-8H2,1H3. The van der Waals surface area contributed by atoms with Crippen molar-refractivity contribution in [3.05, 3.63) is 35.4 Å². The second-order valence-corrected chi connectivity index (χ2v) is 4.77. The van der Waals surface area contributed by atoms with E-state index in [1.54, 1.807) is 0 Å². The van der Waals surface area contributed by atoms with Gasteiger partial charge in [0.25, 0.3) is 0 Å². The number of hydrogen-bond acceptors (Lipinski definition) is 2. The maximum atomic E-state index is 13.5. The van der Waals surface area contributed by atoms with Gasteiger partial charge in [-0.3, -0.25) is 9.59 Å². The number of carbonyl (C=O) groups excluding carboxylic acids is 2. The summed E-state index contributed by atoms with van der Waals surface area (Å²) in [6.45, 7) is 2.20. The molecule has 19 heavy (non-hydrogen) atoms. The van der Waals surface area contributed by atoms with Crippen molar-refractivity contribution in [2.45, 2.75) is 19.8 Å². The molecule has 1 heterocycles. The normalized spacial score (nSPS) is 19.0. The number of hydrogen-bond donors (Lipinski definition) is 0. The Bertz CT molecular complexity index is 496. The van der Waals surface area contributed by atoms with Gasteiger partial charge in [0, 0.05) is 13.0 Å². The van der Waals surface area contributed by atoms with Crippen LogP contribution in [0.1, 0.15) is 30.1 Å². The predicted octanol–water partition coefficient (Wildman–Crippen LogP) is 2.41. The van der Waals surface area contributed by atoms with Gasteiger partial charge in [-0.05, 0) is 18.1 Å². The van der Waals surface area contributed by atoms with Crippen LogP contribution in [0.25, 0.3) is 0 Å². The van der Waals surface area contributed by atoms with Gasteiger partial charge >= 0.3 is 0 Å². The zero-order valence-electron chi connectivity index (χ0n) is 10.7. The molecule has 1 aliphatic heterocycles. The zero-order valence-corrected chi connectivity index (χ0v) is 10.7. The van der Waals surface area contributed by atoms with Crippen LogP contribution in [0.4, 0.5) is 8.78 Å². The summed E-state index contributed by atoms with van der Waals surface area (Å²) in [7, 11) is 0. The van der Waals surface area contributed by atoms with Crippen molar-refractivity contribution >= 4 is 11.7 Å². The van der Waals surface area contributed by atoms with Crippen molar-refractivity contribution in [3.63, 3.8) is 0 Å². The third-order valence-corrected chi connectivity index (χ3v) is 3.45. The molecule has 0 radical (unpaired) electrons. The average Bonchev–Trinajstić information content (AvgIpc) is 2.70. The molecule has 2 rings (SSSR count). The van der Waals surface area contributed by atoms with Crippen LogP contribution >= 0.6 is 0 Å². The molecule has 1 aromatic carbocycles. The Balaban J connectivity index is 2.12. The zero-order chi connectivity index (χ0) is 14.0. The van der Waals surface area contributed by atoms with Crippen molar-refractivity contribution in [3.8, 4) is 0 Å². The molecule has 1 saturated heterocycles. The fourth-order valence-electron chi connectivity index (χ4n) is 2.30. The Kier molecular flexibility index (Phi) is 3.93. The number of halogens is 2. The van der Waals surface area contributed by atoms with Gasteiger partial charge in [0.15, 0.2) is 5.78 Å². The molecule has 0 aliphatic carbocycles. The Morgan fingerprint density at radius 3 is 2.53 bits per heavy atom. The van der Waals surface area contributed by atoms with Crippen molar-refractivity contribution in [1.82, 2.24) is 4.90 Å². The quantitative estimate of drug-likeness (QED) is 0.786. The largest absolute Gasteiger partial charge is 0.335 e. The van der Waals surface area contributed by atoms with E-state index < -0.39 is 23.0 Å². The first-order chi connectivity index (χ1) is 9.02. The molecule has 1 aliphatic rings. The lowest BCUT2D eigenvalue weighted by molar-refractivity contribution is -0.127. The number of Topliss-reactive ketones (excluding diaryl/α,β-unsaturated/α-hetero) is 1. The molecule has 1 unspecified atom stereocenters. The van der Waals surface area contributed by atoms with E-state index in [9.17, 15) is 18.4 Å². The Hall–Kier alpha value is -1.78. The lowest BCUT2D eigenvalue weighted by Crippen LogP contribution is -2.32. The van der Waals surface area contributed by atoms with Crippen molar-refractivity contribution in [2.24, 2.45) is 5.92 Å². The molecule has 1 amide bonds. The average molecular weight is 267 g/mol. The smallest absolute Gasteiger partial charge is 0.223 e. The lowest BCUT2D eigenvalue weighted by Gasteiger charge is -2.15. The van der Waals surface area contributed by atoms with Crippen LogP contribution in [0.2, 0.25) is 0 Å². The number of nitrogens with zero attached hydrogens (tertiary/aromatic N) is 1. The molecule has 1 fully saturated rings. The highest BCUT2D eigenvalue weighted by molar-refractivity contribution is 6.00. The van der Waals surface area contributed by atoms with Gasteiger partial charge in [-0.15, -0.1) is 0 Å². The Labute approximate surface area is 110 Å². The van der Waals surface area contributed by atoms with Gasteiger partial charge in [-0.1, -0.05) is 19.4 Å². The van der Waals surface area contributed by atoms with Crippen LogP contribution < -0.4 is 0 Å². The Morgan fingerprint density at radius 2 is 2.00 bits per heavy atom. The van der Waals surface area contributed by atoms with E-state index in [1.165, 1.54) is 11.0 Å². The molecule has 0 saturated carbocycles. The van der Waals surface area contributed by atoms with Gasteiger partial charge in [0.1, 0.15) is 11.6 Å². The van der Waals surface area contributed by atoms with E-state index in [2.05, 4.69) is 0 Å². The van der Waals surface area contributed by atoms with Gasteiger partial charge in [0.2, 0.25) is 5.91 Å². The summed E-state index contributed by atoms with van der Waals surface area (Å²) in [5, 5.41) is 0. The van der Waals surface area contributed by atoms with E-state index in [-0.39, 0.29) is 18.4 Å². The third kappa shape index (κ3) is 2.80. The van der Waals surface area contributed by atoms with Gasteiger partial charge < -0.3 is 4.90 Å². The molecule has 0 N–H and O–H groups in total. The number of ketones is 1. The molecule has 1 aromatic rings. The first kappa shape index (κ1) is 13.6. The summed E-state index contributed by atoms with van der Waals surface area (Å²) < 4.78 is 26.9. The van der Waals surface area contributed by atoms with E-state index in [4.69, 9.17) is 0 Å². The van der Waals surface area contributed by atoms with Crippen LogP contribution in [-0.2, 0) is 4.79 Å². The van der Waals surface area contributed by atoms with Crippen LogP contribution in [0.5, 0.6) is 0 Å². The number of amides is 1.